The maximum Gasteiger partial charge on any atom is 0.129 e. The summed E-state index contributed by atoms with van der Waals surface area (Å²) in [6.45, 7) is 0. The zero-order valence-electron chi connectivity index (χ0n) is 7.69. The molecule has 1 atom stereocenters. The molecule has 0 aromatic carbocycles. The number of aliphatic hydroxyl groups excluding tert-OH is 1. The van der Waals surface area contributed by atoms with Crippen molar-refractivity contribution in [2.75, 3.05) is 7.11 Å². The standard InChI is InChI=1S/C10H14O2S/c1-12-8-5-9(13-6-8)10(11)7-3-2-4-7/h5-7,10-11H,2-4H2,1H3. The molecule has 0 amide bonds. The van der Waals surface area contributed by atoms with Crippen molar-refractivity contribution in [2.45, 2.75) is 25.4 Å². The zero-order chi connectivity index (χ0) is 9.26. The highest BCUT2D eigenvalue weighted by Crippen LogP contribution is 2.40. The van der Waals surface area contributed by atoms with Crippen LogP contribution in [-0.2, 0) is 0 Å². The van der Waals surface area contributed by atoms with Crippen LogP contribution in [0, 0.1) is 5.92 Å². The van der Waals surface area contributed by atoms with Crippen LogP contribution in [0.1, 0.15) is 30.2 Å². The van der Waals surface area contributed by atoms with Crippen molar-refractivity contribution in [3.05, 3.63) is 16.3 Å². The zero-order valence-corrected chi connectivity index (χ0v) is 8.51. The molecule has 1 fully saturated rings. The summed E-state index contributed by atoms with van der Waals surface area (Å²) in [7, 11) is 1.65. The first-order valence-corrected chi connectivity index (χ1v) is 5.49. The Morgan fingerprint density at radius 2 is 2.38 bits per heavy atom. The van der Waals surface area contributed by atoms with E-state index in [1.807, 2.05) is 11.4 Å². The summed E-state index contributed by atoms with van der Waals surface area (Å²) >= 11 is 1.58. The maximum absolute atomic E-state index is 9.90. The molecule has 1 unspecified atom stereocenters. The van der Waals surface area contributed by atoms with Gasteiger partial charge in [0.15, 0.2) is 0 Å². The Balaban J connectivity index is 2.05. The molecule has 0 aliphatic heterocycles. The Morgan fingerprint density at radius 3 is 2.85 bits per heavy atom. The Labute approximate surface area is 82.2 Å². The highest BCUT2D eigenvalue weighted by atomic mass is 32.1. The number of hydrogen-bond donors (Lipinski definition) is 1. The van der Waals surface area contributed by atoms with E-state index in [0.29, 0.717) is 5.92 Å². The molecule has 1 aliphatic rings. The van der Waals surface area contributed by atoms with Gasteiger partial charge in [0.25, 0.3) is 0 Å². The van der Waals surface area contributed by atoms with E-state index in [9.17, 15) is 5.11 Å². The van der Waals surface area contributed by atoms with Gasteiger partial charge in [0.2, 0.25) is 0 Å². The van der Waals surface area contributed by atoms with Gasteiger partial charge in [-0.15, -0.1) is 11.3 Å². The van der Waals surface area contributed by atoms with Crippen LogP contribution in [0.3, 0.4) is 0 Å². The lowest BCUT2D eigenvalue weighted by molar-refractivity contribution is 0.0648. The second kappa shape index (κ2) is 3.68. The van der Waals surface area contributed by atoms with Crippen molar-refractivity contribution in [1.29, 1.82) is 0 Å². The molecule has 3 heteroatoms. The predicted octanol–water partition coefficient (Wildman–Crippen LogP) is 2.59. The van der Waals surface area contributed by atoms with Crippen LogP contribution in [-0.4, -0.2) is 12.2 Å². The average molecular weight is 198 g/mol. The number of rotatable bonds is 3. The highest BCUT2D eigenvalue weighted by molar-refractivity contribution is 7.10. The van der Waals surface area contributed by atoms with Gasteiger partial charge in [0.1, 0.15) is 5.75 Å². The minimum atomic E-state index is -0.261. The quantitative estimate of drug-likeness (QED) is 0.809. The van der Waals surface area contributed by atoms with Gasteiger partial charge in [0, 0.05) is 10.3 Å². The fourth-order valence-electron chi connectivity index (χ4n) is 1.58. The van der Waals surface area contributed by atoms with Crippen molar-refractivity contribution >= 4 is 11.3 Å². The van der Waals surface area contributed by atoms with E-state index < -0.39 is 0 Å². The smallest absolute Gasteiger partial charge is 0.129 e. The third-order valence-electron chi connectivity index (χ3n) is 2.72. The fourth-order valence-corrected chi connectivity index (χ4v) is 2.52. The number of aliphatic hydroxyl groups is 1. The van der Waals surface area contributed by atoms with Gasteiger partial charge < -0.3 is 9.84 Å². The normalized spacial score (nSPS) is 19.5. The number of thiophene rings is 1. The summed E-state index contributed by atoms with van der Waals surface area (Å²) in [6, 6.07) is 1.94. The Kier molecular flexibility index (Phi) is 2.56. The summed E-state index contributed by atoms with van der Waals surface area (Å²) in [5, 5.41) is 11.8. The van der Waals surface area contributed by atoms with Crippen LogP contribution < -0.4 is 4.74 Å². The molecule has 1 aromatic heterocycles. The Morgan fingerprint density at radius 1 is 1.62 bits per heavy atom. The van der Waals surface area contributed by atoms with Gasteiger partial charge in [-0.25, -0.2) is 0 Å². The summed E-state index contributed by atoms with van der Waals surface area (Å²) in [5.41, 5.74) is 0. The van der Waals surface area contributed by atoms with E-state index in [1.165, 1.54) is 19.3 Å². The molecule has 1 N–H and O–H groups in total. The van der Waals surface area contributed by atoms with Crippen molar-refractivity contribution in [3.63, 3.8) is 0 Å². The lowest BCUT2D eigenvalue weighted by atomic mass is 9.81. The van der Waals surface area contributed by atoms with Gasteiger partial charge in [0.05, 0.1) is 13.2 Å². The number of ether oxygens (including phenoxy) is 1. The third kappa shape index (κ3) is 1.71. The molecule has 2 rings (SSSR count). The Hall–Kier alpha value is -0.540. The molecule has 0 bridgehead atoms. The second-order valence-corrected chi connectivity index (χ2v) is 4.47. The minimum absolute atomic E-state index is 0.261. The van der Waals surface area contributed by atoms with Gasteiger partial charge in [-0.1, -0.05) is 6.42 Å². The van der Waals surface area contributed by atoms with Crippen molar-refractivity contribution in [3.8, 4) is 5.75 Å². The van der Waals surface area contributed by atoms with Crippen LogP contribution in [0.25, 0.3) is 0 Å². The van der Waals surface area contributed by atoms with Crippen molar-refractivity contribution in [2.24, 2.45) is 5.92 Å². The molecular weight excluding hydrogens is 184 g/mol. The van der Waals surface area contributed by atoms with Gasteiger partial charge in [-0.3, -0.25) is 0 Å². The molecule has 1 heterocycles. The molecule has 13 heavy (non-hydrogen) atoms. The van der Waals surface area contributed by atoms with E-state index in [-0.39, 0.29) is 6.10 Å². The lowest BCUT2D eigenvalue weighted by Gasteiger charge is -2.29. The first-order chi connectivity index (χ1) is 6.31. The van der Waals surface area contributed by atoms with Crippen molar-refractivity contribution < 1.29 is 9.84 Å². The number of hydrogen-bond acceptors (Lipinski definition) is 3. The summed E-state index contributed by atoms with van der Waals surface area (Å²) in [5.74, 6) is 1.35. The molecule has 2 nitrogen and oxygen atoms in total. The van der Waals surface area contributed by atoms with Gasteiger partial charge in [-0.05, 0) is 24.8 Å². The summed E-state index contributed by atoms with van der Waals surface area (Å²) < 4.78 is 5.08. The van der Waals surface area contributed by atoms with Crippen LogP contribution in [0.2, 0.25) is 0 Å². The van der Waals surface area contributed by atoms with Gasteiger partial charge >= 0.3 is 0 Å². The van der Waals surface area contributed by atoms with Crippen molar-refractivity contribution in [1.82, 2.24) is 0 Å². The van der Waals surface area contributed by atoms with E-state index in [0.717, 1.165) is 10.6 Å². The predicted molar refractivity (Wildman–Crippen MR) is 53.2 cm³/mol. The largest absolute Gasteiger partial charge is 0.496 e. The lowest BCUT2D eigenvalue weighted by Crippen LogP contribution is -2.19. The molecule has 0 spiro atoms. The molecule has 0 saturated heterocycles. The van der Waals surface area contributed by atoms with Crippen LogP contribution in [0.15, 0.2) is 11.4 Å². The van der Waals surface area contributed by atoms with Crippen LogP contribution in [0.4, 0.5) is 0 Å². The first-order valence-electron chi connectivity index (χ1n) is 4.61. The van der Waals surface area contributed by atoms with Gasteiger partial charge in [-0.2, -0.15) is 0 Å². The Bertz CT molecular complexity index is 278. The molecule has 1 saturated carbocycles. The average Bonchev–Trinajstić information content (AvgIpc) is 2.48. The topological polar surface area (TPSA) is 29.5 Å². The van der Waals surface area contributed by atoms with E-state index >= 15 is 0 Å². The second-order valence-electron chi connectivity index (χ2n) is 3.52. The molecule has 1 aromatic rings. The summed E-state index contributed by atoms with van der Waals surface area (Å²) in [4.78, 5) is 1.04. The SMILES string of the molecule is COc1csc(C(O)C2CCC2)c1. The molecule has 0 radical (unpaired) electrons. The van der Waals surface area contributed by atoms with Crippen LogP contribution >= 0.6 is 11.3 Å². The van der Waals surface area contributed by atoms with E-state index in [4.69, 9.17) is 4.74 Å². The molecule has 1 aliphatic carbocycles. The molecule has 72 valence electrons. The third-order valence-corrected chi connectivity index (χ3v) is 3.70. The molecular formula is C10H14O2S. The van der Waals surface area contributed by atoms with Crippen LogP contribution in [0.5, 0.6) is 5.75 Å². The highest BCUT2D eigenvalue weighted by Gasteiger charge is 2.27. The first kappa shape index (κ1) is 9.03. The maximum atomic E-state index is 9.90. The minimum Gasteiger partial charge on any atom is -0.496 e. The number of methoxy groups -OCH3 is 1. The van der Waals surface area contributed by atoms with E-state index in [2.05, 4.69) is 0 Å². The monoisotopic (exact) mass is 198 g/mol. The summed E-state index contributed by atoms with van der Waals surface area (Å²) in [6.07, 6.45) is 3.34. The fraction of sp³-hybridized carbons (Fsp3) is 0.600. The van der Waals surface area contributed by atoms with E-state index in [1.54, 1.807) is 18.4 Å².